The summed E-state index contributed by atoms with van der Waals surface area (Å²) in [6.45, 7) is 2.35. The van der Waals surface area contributed by atoms with Crippen LogP contribution in [-0.4, -0.2) is 37.9 Å². The zero-order chi connectivity index (χ0) is 16.3. The third-order valence-electron chi connectivity index (χ3n) is 3.33. The SMILES string of the molecule is C[C@@H](C#N)OC(=O)c1cc(S(=O)(=O)N2CCCC2)ccc1Cl. The number of ether oxygens (including phenoxy) is 1. The lowest BCUT2D eigenvalue weighted by Crippen LogP contribution is -2.28. The van der Waals surface area contributed by atoms with Crippen LogP contribution in [-0.2, 0) is 14.8 Å². The third kappa shape index (κ3) is 3.40. The number of sulfonamides is 1. The molecule has 0 aromatic heterocycles. The Morgan fingerprint density at radius 2 is 2.05 bits per heavy atom. The van der Waals surface area contributed by atoms with Crippen molar-refractivity contribution in [2.75, 3.05) is 13.1 Å². The van der Waals surface area contributed by atoms with Gasteiger partial charge in [-0.2, -0.15) is 9.57 Å². The van der Waals surface area contributed by atoms with Gasteiger partial charge in [-0.3, -0.25) is 0 Å². The molecule has 0 saturated carbocycles. The predicted octanol–water partition coefficient (Wildman–Crippen LogP) is 2.19. The molecule has 6 nitrogen and oxygen atoms in total. The number of nitriles is 1. The summed E-state index contributed by atoms with van der Waals surface area (Å²) in [6, 6.07) is 5.67. The molecule has 0 unspecified atom stereocenters. The molecule has 1 aromatic rings. The highest BCUT2D eigenvalue weighted by Crippen LogP contribution is 2.26. The first-order valence-corrected chi connectivity index (χ1v) is 8.58. The van der Waals surface area contributed by atoms with Crippen LogP contribution in [0.1, 0.15) is 30.1 Å². The van der Waals surface area contributed by atoms with E-state index in [4.69, 9.17) is 21.6 Å². The molecule has 0 spiro atoms. The Balaban J connectivity index is 2.34. The van der Waals surface area contributed by atoms with Crippen LogP contribution in [0.25, 0.3) is 0 Å². The first kappa shape index (κ1) is 16.7. The second-order valence-corrected chi connectivity index (χ2v) is 7.27. The van der Waals surface area contributed by atoms with Gasteiger partial charge in [0.05, 0.1) is 15.5 Å². The van der Waals surface area contributed by atoms with Gasteiger partial charge in [0.15, 0.2) is 6.10 Å². The van der Waals surface area contributed by atoms with Crippen molar-refractivity contribution in [1.29, 1.82) is 5.26 Å². The van der Waals surface area contributed by atoms with Gasteiger partial charge in [0, 0.05) is 13.1 Å². The van der Waals surface area contributed by atoms with Crippen LogP contribution in [0, 0.1) is 11.3 Å². The number of hydrogen-bond acceptors (Lipinski definition) is 5. The zero-order valence-corrected chi connectivity index (χ0v) is 13.5. The second kappa shape index (κ2) is 6.65. The normalized spacial score (nSPS) is 17.0. The van der Waals surface area contributed by atoms with E-state index in [9.17, 15) is 13.2 Å². The number of carbonyl (C=O) groups is 1. The van der Waals surface area contributed by atoms with E-state index in [0.29, 0.717) is 13.1 Å². The standard InChI is InChI=1S/C14H15ClN2O4S/c1-10(9-16)21-14(18)12-8-11(4-5-13(12)15)22(19,20)17-6-2-3-7-17/h4-5,8,10H,2-3,6-7H2,1H3/t10-/m0/s1. The van der Waals surface area contributed by atoms with Crippen LogP contribution in [0.5, 0.6) is 0 Å². The summed E-state index contributed by atoms with van der Waals surface area (Å²) in [5.74, 6) is -0.822. The molecule has 1 heterocycles. The summed E-state index contributed by atoms with van der Waals surface area (Å²) in [5, 5.41) is 8.74. The summed E-state index contributed by atoms with van der Waals surface area (Å²) in [7, 11) is -3.64. The third-order valence-corrected chi connectivity index (χ3v) is 5.55. The van der Waals surface area contributed by atoms with Crippen LogP contribution in [0.4, 0.5) is 0 Å². The molecule has 0 radical (unpaired) electrons. The van der Waals surface area contributed by atoms with E-state index < -0.39 is 22.1 Å². The van der Waals surface area contributed by atoms with Crippen LogP contribution < -0.4 is 0 Å². The van der Waals surface area contributed by atoms with Crippen molar-refractivity contribution in [2.45, 2.75) is 30.8 Å². The lowest BCUT2D eigenvalue weighted by molar-refractivity contribution is 0.0435. The van der Waals surface area contributed by atoms with Crippen molar-refractivity contribution in [3.05, 3.63) is 28.8 Å². The summed E-state index contributed by atoms with van der Waals surface area (Å²) >= 11 is 5.94. The van der Waals surface area contributed by atoms with Crippen molar-refractivity contribution in [3.63, 3.8) is 0 Å². The fourth-order valence-corrected chi connectivity index (χ4v) is 3.89. The Bertz CT molecular complexity index is 721. The topological polar surface area (TPSA) is 87.5 Å². The van der Waals surface area contributed by atoms with Crippen molar-refractivity contribution >= 4 is 27.6 Å². The maximum atomic E-state index is 12.5. The van der Waals surface area contributed by atoms with Gasteiger partial charge in [0.2, 0.25) is 10.0 Å². The average Bonchev–Trinajstić information content (AvgIpc) is 3.02. The highest BCUT2D eigenvalue weighted by atomic mass is 35.5. The van der Waals surface area contributed by atoms with E-state index in [-0.39, 0.29) is 15.5 Å². The molecule has 1 aliphatic heterocycles. The highest BCUT2D eigenvalue weighted by Gasteiger charge is 2.28. The largest absolute Gasteiger partial charge is 0.444 e. The van der Waals surface area contributed by atoms with Gasteiger partial charge < -0.3 is 4.74 Å². The summed E-state index contributed by atoms with van der Waals surface area (Å²) in [6.07, 6.45) is 0.699. The first-order valence-electron chi connectivity index (χ1n) is 6.76. The van der Waals surface area contributed by atoms with Gasteiger partial charge >= 0.3 is 5.97 Å². The lowest BCUT2D eigenvalue weighted by atomic mass is 10.2. The van der Waals surface area contributed by atoms with Gasteiger partial charge in [-0.15, -0.1) is 0 Å². The second-order valence-electron chi connectivity index (χ2n) is 4.93. The molecule has 1 aliphatic rings. The summed E-state index contributed by atoms with van der Waals surface area (Å²) in [5.41, 5.74) is -0.0657. The van der Waals surface area contributed by atoms with E-state index in [0.717, 1.165) is 12.8 Å². The van der Waals surface area contributed by atoms with Crippen LogP contribution >= 0.6 is 11.6 Å². The number of rotatable bonds is 4. The number of hydrogen-bond donors (Lipinski definition) is 0. The van der Waals surface area contributed by atoms with Crippen LogP contribution in [0.15, 0.2) is 23.1 Å². The van der Waals surface area contributed by atoms with E-state index in [1.54, 1.807) is 6.07 Å². The summed E-state index contributed by atoms with van der Waals surface area (Å²) in [4.78, 5) is 12.0. The lowest BCUT2D eigenvalue weighted by Gasteiger charge is -2.16. The fraction of sp³-hybridized carbons (Fsp3) is 0.429. The van der Waals surface area contributed by atoms with Gasteiger partial charge in [-0.25, -0.2) is 13.2 Å². The van der Waals surface area contributed by atoms with Crippen LogP contribution in [0.2, 0.25) is 5.02 Å². The quantitative estimate of drug-likeness (QED) is 0.783. The maximum absolute atomic E-state index is 12.5. The minimum absolute atomic E-state index is 0.00430. The van der Waals surface area contributed by atoms with Crippen molar-refractivity contribution < 1.29 is 17.9 Å². The average molecular weight is 343 g/mol. The molecular formula is C14H15ClN2O4S. The fourth-order valence-electron chi connectivity index (χ4n) is 2.15. The Hall–Kier alpha value is -1.62. The molecule has 0 aliphatic carbocycles. The molecule has 1 saturated heterocycles. The molecule has 1 atom stereocenters. The Morgan fingerprint density at radius 1 is 1.41 bits per heavy atom. The van der Waals surface area contributed by atoms with Crippen molar-refractivity contribution in [3.8, 4) is 6.07 Å². The number of carbonyl (C=O) groups excluding carboxylic acids is 1. The molecule has 0 amide bonds. The zero-order valence-electron chi connectivity index (χ0n) is 12.0. The smallest absolute Gasteiger partial charge is 0.340 e. The van der Waals surface area contributed by atoms with Gasteiger partial charge in [0.25, 0.3) is 0 Å². The molecule has 0 N–H and O–H groups in total. The highest BCUT2D eigenvalue weighted by molar-refractivity contribution is 7.89. The molecule has 22 heavy (non-hydrogen) atoms. The van der Waals surface area contributed by atoms with Crippen molar-refractivity contribution in [1.82, 2.24) is 4.31 Å². The number of esters is 1. The number of halogens is 1. The monoisotopic (exact) mass is 342 g/mol. The van der Waals surface area contributed by atoms with Crippen molar-refractivity contribution in [2.24, 2.45) is 0 Å². The molecule has 0 bridgehead atoms. The number of benzene rings is 1. The van der Waals surface area contributed by atoms with Gasteiger partial charge in [-0.1, -0.05) is 11.6 Å². The summed E-state index contributed by atoms with van der Waals surface area (Å²) < 4.78 is 31.2. The minimum atomic E-state index is -3.64. The number of nitrogens with zero attached hydrogens (tertiary/aromatic N) is 2. The van der Waals surface area contributed by atoms with E-state index in [1.165, 1.54) is 29.4 Å². The van der Waals surface area contributed by atoms with E-state index >= 15 is 0 Å². The van der Waals surface area contributed by atoms with Gasteiger partial charge in [0.1, 0.15) is 6.07 Å². The maximum Gasteiger partial charge on any atom is 0.340 e. The Kier molecular flexibility index (Phi) is 5.06. The molecule has 1 aromatic carbocycles. The molecule has 1 fully saturated rings. The molecule has 2 rings (SSSR count). The molecule has 8 heteroatoms. The minimum Gasteiger partial charge on any atom is -0.444 e. The van der Waals surface area contributed by atoms with E-state index in [1.807, 2.05) is 0 Å². The molecular weight excluding hydrogens is 328 g/mol. The Morgan fingerprint density at radius 3 is 2.64 bits per heavy atom. The molecule has 118 valence electrons. The predicted molar refractivity (Wildman–Crippen MR) is 79.9 cm³/mol. The van der Waals surface area contributed by atoms with E-state index in [2.05, 4.69) is 0 Å². The van der Waals surface area contributed by atoms with Crippen LogP contribution in [0.3, 0.4) is 0 Å². The first-order chi connectivity index (χ1) is 10.4. The van der Waals surface area contributed by atoms with Gasteiger partial charge in [-0.05, 0) is 38.0 Å². The Labute approximate surface area is 134 Å².